The molecule has 116 valence electrons. The number of quaternary nitrogens is 1. The number of nitrogens with zero attached hydrogens (tertiary/aromatic N) is 2. The van der Waals surface area contributed by atoms with Gasteiger partial charge in [-0.3, -0.25) is 0 Å². The van der Waals surface area contributed by atoms with Gasteiger partial charge in [0.2, 0.25) is 6.20 Å². The van der Waals surface area contributed by atoms with Crippen LogP contribution in [-0.2, 0) is 9.59 Å². The molecule has 0 radical (unpaired) electrons. The summed E-state index contributed by atoms with van der Waals surface area (Å²) in [6, 6.07) is 0. The van der Waals surface area contributed by atoms with Crippen LogP contribution in [0.25, 0.3) is 0 Å². The SMILES string of the molecule is CC1CCC(C[N+]2=C[N+](CC(=O)O)(CC(=O)O)C=C2)CC1. The quantitative estimate of drug-likeness (QED) is 0.572. The maximum absolute atomic E-state index is 11.0. The Hall–Kier alpha value is -1.69. The maximum atomic E-state index is 11.0. The molecular formula is C15H24N2O4+2. The van der Waals surface area contributed by atoms with Crippen LogP contribution < -0.4 is 0 Å². The first-order valence-corrected chi connectivity index (χ1v) is 7.50. The Morgan fingerprint density at radius 2 is 1.71 bits per heavy atom. The minimum absolute atomic E-state index is 0.145. The average molecular weight is 296 g/mol. The number of rotatable bonds is 6. The summed E-state index contributed by atoms with van der Waals surface area (Å²) in [6.45, 7) is 2.66. The first-order valence-electron chi connectivity index (χ1n) is 7.50. The van der Waals surface area contributed by atoms with Crippen LogP contribution in [0.15, 0.2) is 12.4 Å². The highest BCUT2D eigenvalue weighted by Crippen LogP contribution is 2.28. The lowest BCUT2D eigenvalue weighted by atomic mass is 9.83. The van der Waals surface area contributed by atoms with Crippen LogP contribution in [0.4, 0.5) is 0 Å². The van der Waals surface area contributed by atoms with Crippen molar-refractivity contribution in [2.24, 2.45) is 11.8 Å². The Kier molecular flexibility index (Phi) is 4.77. The number of aliphatic carboxylic acids is 2. The predicted molar refractivity (Wildman–Crippen MR) is 76.7 cm³/mol. The van der Waals surface area contributed by atoms with Crippen LogP contribution in [0.2, 0.25) is 0 Å². The third kappa shape index (κ3) is 4.39. The lowest BCUT2D eigenvalue weighted by Crippen LogP contribution is -2.48. The van der Waals surface area contributed by atoms with Gasteiger partial charge >= 0.3 is 18.3 Å². The smallest absolute Gasteiger partial charge is 0.360 e. The molecule has 0 unspecified atom stereocenters. The van der Waals surface area contributed by atoms with Crippen molar-refractivity contribution in [3.63, 3.8) is 0 Å². The molecule has 2 rings (SSSR count). The molecule has 0 aromatic heterocycles. The Bertz CT molecular complexity index is 460. The summed E-state index contributed by atoms with van der Waals surface area (Å²) >= 11 is 0. The van der Waals surface area contributed by atoms with E-state index in [1.807, 2.05) is 10.8 Å². The first-order chi connectivity index (χ1) is 9.88. The van der Waals surface area contributed by atoms with Crippen molar-refractivity contribution in [3.8, 4) is 0 Å². The number of carboxylic acids is 2. The summed E-state index contributed by atoms with van der Waals surface area (Å²) in [5.41, 5.74) is 0. The molecule has 1 aliphatic heterocycles. The summed E-state index contributed by atoms with van der Waals surface area (Å²) in [5, 5.41) is 18.0. The molecule has 2 N–H and O–H groups in total. The summed E-state index contributed by atoms with van der Waals surface area (Å²) in [7, 11) is 0. The van der Waals surface area contributed by atoms with Crippen LogP contribution in [0.1, 0.15) is 32.6 Å². The van der Waals surface area contributed by atoms with E-state index in [0.717, 1.165) is 12.5 Å². The molecule has 1 fully saturated rings. The van der Waals surface area contributed by atoms with E-state index in [-0.39, 0.29) is 17.6 Å². The minimum atomic E-state index is -0.995. The maximum Gasteiger partial charge on any atom is 0.360 e. The van der Waals surface area contributed by atoms with Gasteiger partial charge < -0.3 is 10.2 Å². The van der Waals surface area contributed by atoms with Gasteiger partial charge in [-0.25, -0.2) is 9.59 Å². The fourth-order valence-electron chi connectivity index (χ4n) is 3.26. The first kappa shape index (κ1) is 15.7. The van der Waals surface area contributed by atoms with Crippen molar-refractivity contribution < 1.29 is 28.9 Å². The average Bonchev–Trinajstić information content (AvgIpc) is 2.73. The summed E-state index contributed by atoms with van der Waals surface area (Å²) in [4.78, 5) is 22.0. The van der Waals surface area contributed by atoms with E-state index in [2.05, 4.69) is 6.92 Å². The van der Waals surface area contributed by atoms with E-state index in [0.29, 0.717) is 5.92 Å². The highest BCUT2D eigenvalue weighted by Gasteiger charge is 2.39. The van der Waals surface area contributed by atoms with Crippen LogP contribution in [0.5, 0.6) is 0 Å². The van der Waals surface area contributed by atoms with Crippen molar-refractivity contribution in [3.05, 3.63) is 12.4 Å². The second-order valence-corrected chi connectivity index (χ2v) is 6.44. The molecule has 0 spiro atoms. The van der Waals surface area contributed by atoms with Gasteiger partial charge in [0.1, 0.15) is 0 Å². The Morgan fingerprint density at radius 3 is 2.24 bits per heavy atom. The van der Waals surface area contributed by atoms with E-state index in [1.54, 1.807) is 12.5 Å². The third-order valence-corrected chi connectivity index (χ3v) is 4.40. The van der Waals surface area contributed by atoms with Gasteiger partial charge in [-0.15, -0.1) is 0 Å². The Labute approximate surface area is 124 Å². The molecule has 1 saturated carbocycles. The normalized spacial score (nSPS) is 27.4. The predicted octanol–water partition coefficient (Wildman–Crippen LogP) is 1.32. The summed E-state index contributed by atoms with van der Waals surface area (Å²) in [5.74, 6) is -0.582. The van der Waals surface area contributed by atoms with Crippen LogP contribution in [0, 0.1) is 11.8 Å². The Morgan fingerprint density at radius 1 is 1.14 bits per heavy atom. The van der Waals surface area contributed by atoms with E-state index in [9.17, 15) is 9.59 Å². The van der Waals surface area contributed by atoms with Gasteiger partial charge in [-0.1, -0.05) is 19.8 Å². The molecule has 1 heterocycles. The van der Waals surface area contributed by atoms with Crippen molar-refractivity contribution in [1.29, 1.82) is 0 Å². The monoisotopic (exact) mass is 296 g/mol. The largest absolute Gasteiger partial charge is 0.477 e. The molecule has 0 aromatic rings. The Balaban J connectivity index is 2.02. The minimum Gasteiger partial charge on any atom is -0.477 e. The number of hydrogen-bond donors (Lipinski definition) is 2. The topological polar surface area (TPSA) is 77.6 Å². The van der Waals surface area contributed by atoms with E-state index in [1.165, 1.54) is 25.7 Å². The van der Waals surface area contributed by atoms with Gasteiger partial charge in [0.25, 0.3) is 0 Å². The zero-order valence-corrected chi connectivity index (χ0v) is 12.4. The van der Waals surface area contributed by atoms with Crippen LogP contribution in [-0.4, -0.2) is 57.2 Å². The van der Waals surface area contributed by atoms with E-state index < -0.39 is 11.9 Å². The van der Waals surface area contributed by atoms with Gasteiger partial charge in [0, 0.05) is 5.92 Å². The molecule has 21 heavy (non-hydrogen) atoms. The zero-order chi connectivity index (χ0) is 15.5. The molecule has 6 heteroatoms. The van der Waals surface area contributed by atoms with Gasteiger partial charge in [0.05, 0.1) is 0 Å². The van der Waals surface area contributed by atoms with E-state index >= 15 is 0 Å². The molecule has 0 saturated heterocycles. The molecule has 6 nitrogen and oxygen atoms in total. The standard InChI is InChI=1S/C15H22N2O4/c1-12-2-4-13(5-3-12)8-16-6-7-17(11-16,9-14(18)19)10-15(20)21/h6-7,11-13H,2-5,8-10H2,1H3/p+2. The molecule has 1 aliphatic carbocycles. The highest BCUT2D eigenvalue weighted by atomic mass is 16.4. The van der Waals surface area contributed by atoms with Gasteiger partial charge in [-0.2, -0.15) is 9.06 Å². The zero-order valence-electron chi connectivity index (χ0n) is 12.4. The van der Waals surface area contributed by atoms with Crippen molar-refractivity contribution >= 4 is 18.3 Å². The third-order valence-electron chi connectivity index (χ3n) is 4.40. The fourth-order valence-corrected chi connectivity index (χ4v) is 3.26. The summed E-state index contributed by atoms with van der Waals surface area (Å²) in [6.07, 6.45) is 10.1. The second kappa shape index (κ2) is 6.39. The molecular weight excluding hydrogens is 272 g/mol. The van der Waals surface area contributed by atoms with Crippen molar-refractivity contribution in [2.75, 3.05) is 19.6 Å². The highest BCUT2D eigenvalue weighted by molar-refractivity contribution is 5.73. The lowest BCUT2D eigenvalue weighted by molar-refractivity contribution is -0.774. The fraction of sp³-hybridized carbons (Fsp3) is 0.667. The van der Waals surface area contributed by atoms with Crippen molar-refractivity contribution in [1.82, 2.24) is 0 Å². The molecule has 0 atom stereocenters. The van der Waals surface area contributed by atoms with E-state index in [4.69, 9.17) is 10.2 Å². The lowest BCUT2D eigenvalue weighted by Gasteiger charge is -2.24. The van der Waals surface area contributed by atoms with Gasteiger partial charge in [0.15, 0.2) is 25.8 Å². The molecule has 2 aliphatic rings. The second-order valence-electron chi connectivity index (χ2n) is 6.44. The van der Waals surface area contributed by atoms with Crippen LogP contribution >= 0.6 is 0 Å². The van der Waals surface area contributed by atoms with Gasteiger partial charge in [-0.05, 0) is 18.8 Å². The number of hydrogen-bond acceptors (Lipinski definition) is 2. The molecule has 0 aromatic carbocycles. The number of carboxylic acid groups (broad SMARTS) is 2. The van der Waals surface area contributed by atoms with Crippen LogP contribution in [0.3, 0.4) is 0 Å². The van der Waals surface area contributed by atoms with Crippen molar-refractivity contribution in [2.45, 2.75) is 32.6 Å². The molecule has 0 bridgehead atoms. The summed E-state index contributed by atoms with van der Waals surface area (Å²) < 4.78 is 1.82. The molecule has 0 amide bonds. The number of carbonyl (C=O) groups is 2.